The van der Waals surface area contributed by atoms with Crippen LogP contribution < -0.4 is 10.6 Å². The zero-order valence-electron chi connectivity index (χ0n) is 24.4. The van der Waals surface area contributed by atoms with Crippen molar-refractivity contribution in [3.63, 3.8) is 0 Å². The molecule has 258 valence electrons. The molecule has 18 nitrogen and oxygen atoms in total. The van der Waals surface area contributed by atoms with E-state index in [2.05, 4.69) is 64.6 Å². The fraction of sp³-hybridized carbons (Fsp3) is 0.500. The van der Waals surface area contributed by atoms with E-state index in [-0.39, 0.29) is 11.3 Å². The number of rotatable bonds is 14. The van der Waals surface area contributed by atoms with Gasteiger partial charge in [0, 0.05) is 24.9 Å². The van der Waals surface area contributed by atoms with Crippen LogP contribution in [0.4, 0.5) is 20.4 Å². The lowest BCUT2D eigenvalue weighted by molar-refractivity contribution is -0.0427. The number of hydrogen-bond acceptors (Lipinski definition) is 17. The van der Waals surface area contributed by atoms with E-state index < -0.39 is 76.5 Å². The first-order valence-electron chi connectivity index (χ1n) is 14.2. The molecule has 48 heavy (non-hydrogen) atoms. The van der Waals surface area contributed by atoms with Gasteiger partial charge >= 0.3 is 6.80 Å². The number of thiol groups is 1. The minimum absolute atomic E-state index is 0.257. The number of ether oxygens (including phenoxy) is 2. The molecular formula is C24H28F2N10O8P2S2. The predicted octanol–water partition coefficient (Wildman–Crippen LogP) is 1.80. The highest BCUT2D eigenvalue weighted by Gasteiger charge is 2.49. The van der Waals surface area contributed by atoms with Crippen molar-refractivity contribution >= 4 is 72.1 Å². The topological polar surface area (TPSA) is 223 Å². The normalized spacial score (nSPS) is 28.5. The minimum Gasteiger partial charge on any atom is -0.394 e. The van der Waals surface area contributed by atoms with Crippen molar-refractivity contribution in [2.24, 2.45) is 0 Å². The number of fused-ring (bicyclic) bond motifs is 2. The molecule has 2 aliphatic rings. The van der Waals surface area contributed by atoms with Gasteiger partial charge in [-0.3, -0.25) is 18.2 Å². The van der Waals surface area contributed by atoms with Crippen molar-refractivity contribution in [3.8, 4) is 0 Å². The maximum Gasteiger partial charge on any atom is 0.312 e. The first-order chi connectivity index (χ1) is 23.2. The van der Waals surface area contributed by atoms with E-state index in [1.54, 1.807) is 12.2 Å². The van der Waals surface area contributed by atoms with E-state index in [1.165, 1.54) is 34.4 Å². The Labute approximate surface area is 280 Å². The quantitative estimate of drug-likeness (QED) is 0.0705. The van der Waals surface area contributed by atoms with E-state index in [1.807, 2.05) is 0 Å². The highest BCUT2D eigenvalue weighted by molar-refractivity contribution is 8.39. The number of aliphatic hydroxyl groups excluding tert-OH is 2. The molecule has 0 saturated carbocycles. The van der Waals surface area contributed by atoms with Crippen LogP contribution in [0.2, 0.25) is 0 Å². The molecule has 0 radical (unpaired) electrons. The molecule has 4 aromatic rings. The summed E-state index contributed by atoms with van der Waals surface area (Å²) < 4.78 is 77.3. The number of hydrogen-bond donors (Lipinski definition) is 5. The second kappa shape index (κ2) is 15.2. The zero-order valence-corrected chi connectivity index (χ0v) is 28.0. The number of halogens is 2. The van der Waals surface area contributed by atoms with E-state index in [0.29, 0.717) is 35.8 Å². The van der Waals surface area contributed by atoms with Crippen LogP contribution >= 0.6 is 26.3 Å². The van der Waals surface area contributed by atoms with Gasteiger partial charge in [-0.05, 0) is 0 Å². The molecular weight excluding hydrogens is 720 g/mol. The average molecular weight is 749 g/mol. The fourth-order valence-corrected chi connectivity index (χ4v) is 7.05. The lowest BCUT2D eigenvalue weighted by Crippen LogP contribution is -2.31. The molecule has 4 N–H and O–H groups in total. The third-order valence-electron chi connectivity index (χ3n) is 7.55. The Kier molecular flexibility index (Phi) is 11.1. The second-order valence-corrected chi connectivity index (χ2v) is 13.8. The fourth-order valence-electron chi connectivity index (χ4n) is 5.43. The first kappa shape index (κ1) is 34.8. The highest BCUT2D eigenvalue weighted by Crippen LogP contribution is 2.41. The maximum absolute atomic E-state index is 15.2. The zero-order chi connectivity index (χ0) is 33.9. The van der Waals surface area contributed by atoms with Gasteiger partial charge in [0.05, 0.1) is 25.9 Å². The Hall–Kier alpha value is -3.04. The third kappa shape index (κ3) is 7.00. The summed E-state index contributed by atoms with van der Waals surface area (Å²) in [5.41, 5.74) is 1.20. The van der Waals surface area contributed by atoms with Crippen LogP contribution in [-0.4, -0.2) is 112 Å². The summed E-state index contributed by atoms with van der Waals surface area (Å²) in [5.74, 6) is 0.738. The van der Waals surface area contributed by atoms with Crippen molar-refractivity contribution in [2.75, 3.05) is 36.9 Å². The van der Waals surface area contributed by atoms with Crippen molar-refractivity contribution < 1.29 is 46.6 Å². The SMILES string of the molecule is O=P(=S)OC1C(CO)OC(n2cnc3c(NC/C=C/CNc4ncnc5c4ncn5C4OC(CO)C(O[PH](=O)S)C4F)ncnc32)C1F. The number of nitrogens with one attached hydrogen (secondary N) is 2. The van der Waals surface area contributed by atoms with E-state index in [9.17, 15) is 19.3 Å². The maximum atomic E-state index is 15.2. The number of nitrogens with zero attached hydrogens (tertiary/aromatic N) is 8. The summed E-state index contributed by atoms with van der Waals surface area (Å²) in [7, 11) is -2.79. The van der Waals surface area contributed by atoms with Gasteiger partial charge in [-0.2, -0.15) is 0 Å². The summed E-state index contributed by atoms with van der Waals surface area (Å²) in [6.45, 7) is -3.03. The first-order valence-corrected chi connectivity index (χ1v) is 19.0. The van der Waals surface area contributed by atoms with Gasteiger partial charge in [-0.15, -0.1) is 0 Å². The molecule has 10 atom stereocenters. The van der Waals surface area contributed by atoms with Gasteiger partial charge in [0.1, 0.15) is 37.1 Å². The molecule has 6 rings (SSSR count). The van der Waals surface area contributed by atoms with Crippen LogP contribution in [0.25, 0.3) is 22.3 Å². The summed E-state index contributed by atoms with van der Waals surface area (Å²) in [6.07, 6.45) is -2.01. The Morgan fingerprint density at radius 3 is 1.83 bits per heavy atom. The Morgan fingerprint density at radius 2 is 1.38 bits per heavy atom. The van der Waals surface area contributed by atoms with Crippen LogP contribution in [0.3, 0.4) is 0 Å². The van der Waals surface area contributed by atoms with Gasteiger partial charge in [0.25, 0.3) is 0 Å². The average Bonchev–Trinajstić information content (AvgIpc) is 3.83. The number of alkyl halides is 2. The van der Waals surface area contributed by atoms with Gasteiger partial charge in [0.15, 0.2) is 58.8 Å². The van der Waals surface area contributed by atoms with Gasteiger partial charge in [-0.25, -0.2) is 43.2 Å². The molecule has 0 amide bonds. The number of anilines is 2. The van der Waals surface area contributed by atoms with Crippen molar-refractivity contribution in [2.45, 2.75) is 49.2 Å². The van der Waals surface area contributed by atoms with E-state index in [0.717, 1.165) is 0 Å². The molecule has 2 aliphatic heterocycles. The van der Waals surface area contributed by atoms with Crippen LogP contribution in [-0.2, 0) is 39.5 Å². The number of aromatic nitrogens is 8. The third-order valence-corrected chi connectivity index (χ3v) is 9.01. The standard InChI is InChI=1S/C24H28F2N10O8P2S2/c25-13-17(43-45(39)47)11(5-37)41-23(13)35-9-33-15-19(29-7-31-21(15)35)27-3-1-2-4-28-20-16-22(32-8-30-20)36(10-34-16)24-14(26)18(44-46(40)48)12(6-38)42-24/h1-2,7-14,17-18,23-24,37-38,45H,3-6H2,(H,39,47)(H,27,29,31)(H,28,30,32)/b2-1+. The van der Waals surface area contributed by atoms with Gasteiger partial charge < -0.3 is 34.8 Å². The molecule has 6 heterocycles. The molecule has 10 unspecified atom stereocenters. The summed E-state index contributed by atoms with van der Waals surface area (Å²) in [6, 6.07) is 0. The monoisotopic (exact) mass is 748 g/mol. The molecule has 2 fully saturated rings. The Bertz CT molecular complexity index is 1880. The van der Waals surface area contributed by atoms with Crippen LogP contribution in [0, 0.1) is 0 Å². The van der Waals surface area contributed by atoms with Gasteiger partial charge in [-0.1, -0.05) is 24.4 Å². The summed E-state index contributed by atoms with van der Waals surface area (Å²) in [5, 5.41) is 25.4. The van der Waals surface area contributed by atoms with Crippen molar-refractivity contribution in [1.82, 2.24) is 39.0 Å². The molecule has 4 aromatic heterocycles. The lowest BCUT2D eigenvalue weighted by Gasteiger charge is -2.16. The van der Waals surface area contributed by atoms with Crippen molar-refractivity contribution in [3.05, 3.63) is 37.5 Å². The van der Waals surface area contributed by atoms with Crippen LogP contribution in [0.5, 0.6) is 0 Å². The smallest absolute Gasteiger partial charge is 0.312 e. The molecule has 0 spiro atoms. The Morgan fingerprint density at radius 1 is 0.896 bits per heavy atom. The predicted molar refractivity (Wildman–Crippen MR) is 171 cm³/mol. The van der Waals surface area contributed by atoms with Crippen LogP contribution in [0.1, 0.15) is 12.5 Å². The second-order valence-electron chi connectivity index (χ2n) is 10.4. The van der Waals surface area contributed by atoms with Gasteiger partial charge in [0.2, 0.25) is 7.23 Å². The highest BCUT2D eigenvalue weighted by atomic mass is 32.7. The summed E-state index contributed by atoms with van der Waals surface area (Å²) in [4.78, 5) is 25.4. The molecule has 24 heteroatoms. The Balaban J connectivity index is 1.07. The summed E-state index contributed by atoms with van der Waals surface area (Å²) >= 11 is 8.25. The largest absolute Gasteiger partial charge is 0.394 e. The molecule has 0 aliphatic carbocycles. The molecule has 2 saturated heterocycles. The molecule has 0 bridgehead atoms. The minimum atomic E-state index is -2.79. The lowest BCUT2D eigenvalue weighted by atomic mass is 10.1. The van der Waals surface area contributed by atoms with E-state index in [4.69, 9.17) is 18.5 Å². The van der Waals surface area contributed by atoms with Crippen molar-refractivity contribution in [1.29, 1.82) is 0 Å². The molecule has 0 aromatic carbocycles. The number of imidazole rings is 2. The van der Waals surface area contributed by atoms with Crippen LogP contribution in [0.15, 0.2) is 37.5 Å². The van der Waals surface area contributed by atoms with E-state index >= 15 is 8.78 Å². The number of aliphatic hydroxyl groups is 2.